The molecule has 0 aromatic heterocycles. The Kier molecular flexibility index (Phi) is 8.20. The fourth-order valence-electron chi connectivity index (χ4n) is 3.28. The molecule has 1 unspecified atom stereocenters. The summed E-state index contributed by atoms with van der Waals surface area (Å²) in [6.45, 7) is 4.69. The van der Waals surface area contributed by atoms with Crippen LogP contribution in [0.3, 0.4) is 0 Å². The number of carbonyl (C=O) groups is 2. The third-order valence-electron chi connectivity index (χ3n) is 5.17. The summed E-state index contributed by atoms with van der Waals surface area (Å²) in [6.07, 6.45) is 0. The summed E-state index contributed by atoms with van der Waals surface area (Å²) in [5.74, 6) is -1.74. The highest BCUT2D eigenvalue weighted by molar-refractivity contribution is 7.89. The van der Waals surface area contributed by atoms with E-state index in [1.54, 1.807) is 38.1 Å². The minimum absolute atomic E-state index is 0.0480. The van der Waals surface area contributed by atoms with Crippen molar-refractivity contribution in [3.8, 4) is 11.1 Å². The monoisotopic (exact) mass is 480 g/mol. The van der Waals surface area contributed by atoms with Crippen molar-refractivity contribution in [2.45, 2.75) is 31.7 Å². The van der Waals surface area contributed by atoms with E-state index in [9.17, 15) is 18.0 Å². The Morgan fingerprint density at radius 2 is 1.50 bits per heavy atom. The van der Waals surface area contributed by atoms with E-state index in [0.717, 1.165) is 16.7 Å². The molecular formula is C26H28N2O5S. The van der Waals surface area contributed by atoms with Crippen LogP contribution in [0.2, 0.25) is 0 Å². The average molecular weight is 481 g/mol. The summed E-state index contributed by atoms with van der Waals surface area (Å²) in [6, 6.07) is 22.0. The zero-order chi connectivity index (χ0) is 24.7. The van der Waals surface area contributed by atoms with Crippen LogP contribution in [-0.4, -0.2) is 32.9 Å². The topological polar surface area (TPSA) is 102 Å². The predicted octanol–water partition coefficient (Wildman–Crippen LogP) is 4.15. The van der Waals surface area contributed by atoms with E-state index in [2.05, 4.69) is 10.0 Å². The molecule has 0 spiro atoms. The van der Waals surface area contributed by atoms with Gasteiger partial charge in [-0.05, 0) is 36.6 Å². The van der Waals surface area contributed by atoms with Gasteiger partial charge in [0.05, 0.1) is 4.90 Å². The first kappa shape index (κ1) is 25.1. The minimum atomic E-state index is -3.94. The fourth-order valence-corrected chi connectivity index (χ4v) is 4.62. The molecule has 1 atom stereocenters. The summed E-state index contributed by atoms with van der Waals surface area (Å²) in [5.41, 5.74) is 3.25. The second-order valence-electron chi connectivity index (χ2n) is 8.22. The number of benzene rings is 3. The van der Waals surface area contributed by atoms with Crippen LogP contribution in [0.5, 0.6) is 0 Å². The summed E-state index contributed by atoms with van der Waals surface area (Å²) in [7, 11) is -3.94. The Morgan fingerprint density at radius 1 is 0.882 bits per heavy atom. The molecule has 1 amide bonds. The van der Waals surface area contributed by atoms with E-state index in [4.69, 9.17) is 4.74 Å². The number of carbonyl (C=O) groups excluding carboxylic acids is 2. The number of amides is 1. The van der Waals surface area contributed by atoms with Crippen LogP contribution < -0.4 is 10.0 Å². The van der Waals surface area contributed by atoms with Gasteiger partial charge in [0.15, 0.2) is 6.61 Å². The molecule has 0 bridgehead atoms. The Labute approximate surface area is 200 Å². The summed E-state index contributed by atoms with van der Waals surface area (Å²) in [5, 5.41) is 2.76. The maximum atomic E-state index is 12.7. The maximum Gasteiger partial charge on any atom is 0.324 e. The minimum Gasteiger partial charge on any atom is -0.454 e. The van der Waals surface area contributed by atoms with Crippen LogP contribution in [0.25, 0.3) is 11.1 Å². The summed E-state index contributed by atoms with van der Waals surface area (Å²) in [4.78, 5) is 25.2. The SMILES string of the molecule is Cc1ccc(S(=O)(=O)NC(C(=O)OCC(=O)Nc2ccccc2-c2ccccc2)C(C)C)cc1. The first-order valence-corrected chi connectivity index (χ1v) is 12.4. The molecule has 34 heavy (non-hydrogen) atoms. The van der Waals surface area contributed by atoms with Crippen molar-refractivity contribution in [2.24, 2.45) is 5.92 Å². The molecule has 0 saturated heterocycles. The quantitative estimate of drug-likeness (QED) is 0.448. The number of nitrogens with one attached hydrogen (secondary N) is 2. The highest BCUT2D eigenvalue weighted by Gasteiger charge is 2.30. The molecule has 0 aliphatic heterocycles. The van der Waals surface area contributed by atoms with E-state index in [-0.39, 0.29) is 4.90 Å². The lowest BCUT2D eigenvalue weighted by atomic mass is 10.0. The number of hydrogen-bond donors (Lipinski definition) is 2. The zero-order valence-corrected chi connectivity index (χ0v) is 20.1. The standard InChI is InChI=1S/C26H28N2O5S/c1-18(2)25(28-34(31,32)21-15-13-19(3)14-16-21)26(30)33-17-24(29)27-23-12-8-7-11-22(23)20-9-5-4-6-10-20/h4-16,18,25,28H,17H2,1-3H3,(H,27,29). The number of para-hydroxylation sites is 1. The van der Waals surface area contributed by atoms with Gasteiger partial charge in [0.25, 0.3) is 5.91 Å². The van der Waals surface area contributed by atoms with E-state index < -0.39 is 40.5 Å². The summed E-state index contributed by atoms with van der Waals surface area (Å²) < 4.78 is 33.0. The van der Waals surface area contributed by atoms with Crippen LogP contribution in [0.1, 0.15) is 19.4 Å². The Bertz CT molecular complexity index is 1240. The van der Waals surface area contributed by atoms with Crippen molar-refractivity contribution in [3.05, 3.63) is 84.4 Å². The van der Waals surface area contributed by atoms with E-state index in [1.807, 2.05) is 49.4 Å². The predicted molar refractivity (Wildman–Crippen MR) is 132 cm³/mol. The molecule has 0 radical (unpaired) electrons. The van der Waals surface area contributed by atoms with Crippen LogP contribution in [-0.2, 0) is 24.3 Å². The van der Waals surface area contributed by atoms with Crippen molar-refractivity contribution >= 4 is 27.6 Å². The zero-order valence-electron chi connectivity index (χ0n) is 19.3. The number of rotatable bonds is 9. The molecule has 178 valence electrons. The van der Waals surface area contributed by atoms with E-state index >= 15 is 0 Å². The van der Waals surface area contributed by atoms with Gasteiger partial charge >= 0.3 is 5.97 Å². The smallest absolute Gasteiger partial charge is 0.324 e. The maximum absolute atomic E-state index is 12.7. The van der Waals surface area contributed by atoms with Gasteiger partial charge in [-0.1, -0.05) is 80.1 Å². The molecule has 0 fully saturated rings. The molecule has 3 aromatic rings. The van der Waals surface area contributed by atoms with Gasteiger partial charge in [-0.25, -0.2) is 8.42 Å². The lowest BCUT2D eigenvalue weighted by molar-refractivity contribution is -0.150. The normalized spacial score (nSPS) is 12.2. The van der Waals surface area contributed by atoms with Gasteiger partial charge in [-0.2, -0.15) is 4.72 Å². The van der Waals surface area contributed by atoms with Gasteiger partial charge in [-0.3, -0.25) is 9.59 Å². The largest absolute Gasteiger partial charge is 0.454 e. The molecule has 3 aromatic carbocycles. The number of sulfonamides is 1. The number of aryl methyl sites for hydroxylation is 1. The number of hydrogen-bond acceptors (Lipinski definition) is 5. The van der Waals surface area contributed by atoms with Crippen LogP contribution >= 0.6 is 0 Å². The van der Waals surface area contributed by atoms with Gasteiger partial charge in [-0.15, -0.1) is 0 Å². The van der Waals surface area contributed by atoms with Crippen molar-refractivity contribution < 1.29 is 22.7 Å². The van der Waals surface area contributed by atoms with Crippen molar-refractivity contribution in [1.82, 2.24) is 4.72 Å². The van der Waals surface area contributed by atoms with Crippen LogP contribution in [0.15, 0.2) is 83.8 Å². The first-order chi connectivity index (χ1) is 16.2. The van der Waals surface area contributed by atoms with E-state index in [1.165, 1.54) is 12.1 Å². The first-order valence-electron chi connectivity index (χ1n) is 10.9. The number of ether oxygens (including phenoxy) is 1. The van der Waals surface area contributed by atoms with Crippen LogP contribution in [0.4, 0.5) is 5.69 Å². The highest BCUT2D eigenvalue weighted by Crippen LogP contribution is 2.27. The second-order valence-corrected chi connectivity index (χ2v) is 9.94. The second kappa shape index (κ2) is 11.1. The van der Waals surface area contributed by atoms with Crippen LogP contribution in [0, 0.1) is 12.8 Å². The number of anilines is 1. The van der Waals surface area contributed by atoms with Crippen molar-refractivity contribution in [3.63, 3.8) is 0 Å². The molecule has 0 aliphatic carbocycles. The third kappa shape index (κ3) is 6.52. The van der Waals surface area contributed by atoms with Gasteiger partial charge in [0.2, 0.25) is 10.0 Å². The molecule has 3 rings (SSSR count). The number of esters is 1. The van der Waals surface area contributed by atoms with Gasteiger partial charge in [0, 0.05) is 11.3 Å². The lowest BCUT2D eigenvalue weighted by Crippen LogP contribution is -2.45. The van der Waals surface area contributed by atoms with Crippen molar-refractivity contribution in [1.29, 1.82) is 0 Å². The Balaban J connectivity index is 1.65. The lowest BCUT2D eigenvalue weighted by Gasteiger charge is -2.21. The molecule has 0 heterocycles. The van der Waals surface area contributed by atoms with Crippen molar-refractivity contribution in [2.75, 3.05) is 11.9 Å². The Morgan fingerprint density at radius 3 is 2.15 bits per heavy atom. The molecule has 7 nitrogen and oxygen atoms in total. The third-order valence-corrected chi connectivity index (χ3v) is 6.62. The Hall–Kier alpha value is -3.49. The molecule has 0 aliphatic rings. The molecule has 0 saturated carbocycles. The fraction of sp³-hybridized carbons (Fsp3) is 0.231. The van der Waals surface area contributed by atoms with E-state index in [0.29, 0.717) is 5.69 Å². The van der Waals surface area contributed by atoms with Gasteiger partial charge in [0.1, 0.15) is 6.04 Å². The molecular weight excluding hydrogens is 452 g/mol. The van der Waals surface area contributed by atoms with Gasteiger partial charge < -0.3 is 10.1 Å². The highest BCUT2D eigenvalue weighted by atomic mass is 32.2. The molecule has 2 N–H and O–H groups in total. The average Bonchev–Trinajstić information content (AvgIpc) is 2.82. The summed E-state index contributed by atoms with van der Waals surface area (Å²) >= 11 is 0. The molecule has 8 heteroatoms.